The van der Waals surface area contributed by atoms with Gasteiger partial charge < -0.3 is 5.32 Å². The van der Waals surface area contributed by atoms with E-state index in [1.807, 2.05) is 0 Å². The van der Waals surface area contributed by atoms with Crippen LogP contribution in [0.1, 0.15) is 12.8 Å². The highest BCUT2D eigenvalue weighted by Gasteiger charge is 2.34. The number of benzene rings is 2. The van der Waals surface area contributed by atoms with Crippen molar-refractivity contribution in [1.29, 1.82) is 0 Å². The van der Waals surface area contributed by atoms with Crippen LogP contribution in [-0.4, -0.2) is 58.5 Å². The highest BCUT2D eigenvalue weighted by atomic mass is 32.2. The summed E-state index contributed by atoms with van der Waals surface area (Å²) in [4.78, 5) is 12.8. The second kappa shape index (κ2) is 9.03. The van der Waals surface area contributed by atoms with Crippen LogP contribution in [0.15, 0.2) is 58.3 Å². The van der Waals surface area contributed by atoms with E-state index in [2.05, 4.69) is 5.32 Å². The summed E-state index contributed by atoms with van der Waals surface area (Å²) in [5.41, 5.74) is 0.139. The molecule has 0 aromatic heterocycles. The van der Waals surface area contributed by atoms with Crippen LogP contribution in [0.2, 0.25) is 0 Å². The summed E-state index contributed by atoms with van der Waals surface area (Å²) in [6.45, 7) is 0.198. The first-order valence-corrected chi connectivity index (χ1v) is 12.5. The fraction of sp³-hybridized carbons (Fsp3) is 0.350. The molecule has 1 aliphatic heterocycles. The van der Waals surface area contributed by atoms with Gasteiger partial charge in [0.15, 0.2) is 0 Å². The van der Waals surface area contributed by atoms with Gasteiger partial charge in [-0.2, -0.15) is 4.31 Å². The van der Waals surface area contributed by atoms with Crippen LogP contribution >= 0.6 is 0 Å². The van der Waals surface area contributed by atoms with Gasteiger partial charge in [0.1, 0.15) is 10.7 Å². The highest BCUT2D eigenvalue weighted by molar-refractivity contribution is 7.89. The Morgan fingerprint density at radius 2 is 1.71 bits per heavy atom. The molecule has 8 nitrogen and oxygen atoms in total. The fourth-order valence-corrected chi connectivity index (χ4v) is 5.92. The topological polar surface area (TPSA) is 104 Å². The number of nitrogens with one attached hydrogen (secondary N) is 1. The second-order valence-corrected chi connectivity index (χ2v) is 11.5. The first kappa shape index (κ1) is 23.3. The third-order valence-electron chi connectivity index (χ3n) is 5.11. The van der Waals surface area contributed by atoms with E-state index in [9.17, 15) is 26.0 Å². The third-order valence-corrected chi connectivity index (χ3v) is 8.86. The molecule has 0 spiro atoms. The Morgan fingerprint density at radius 1 is 1.06 bits per heavy atom. The minimum Gasteiger partial charge on any atom is -0.325 e. The van der Waals surface area contributed by atoms with E-state index in [0.717, 1.165) is 16.4 Å². The van der Waals surface area contributed by atoms with Crippen molar-refractivity contribution in [2.75, 3.05) is 32.5 Å². The molecule has 11 heteroatoms. The van der Waals surface area contributed by atoms with Crippen LogP contribution in [-0.2, 0) is 24.8 Å². The zero-order valence-corrected chi connectivity index (χ0v) is 18.8. The van der Waals surface area contributed by atoms with Gasteiger partial charge >= 0.3 is 0 Å². The average Bonchev–Trinajstić information content (AvgIpc) is 2.74. The maximum Gasteiger partial charge on any atom is 0.244 e. The van der Waals surface area contributed by atoms with Gasteiger partial charge in [0.25, 0.3) is 0 Å². The number of halogens is 1. The molecule has 1 aliphatic rings. The van der Waals surface area contributed by atoms with Crippen molar-refractivity contribution >= 4 is 31.6 Å². The minimum absolute atomic E-state index is 0.0417. The van der Waals surface area contributed by atoms with E-state index in [1.165, 1.54) is 42.7 Å². The number of carbonyl (C=O) groups excluding carboxylic acids is 1. The fourth-order valence-electron chi connectivity index (χ4n) is 3.36. The molecule has 2 aromatic rings. The number of nitrogens with zero attached hydrogens (tertiary/aromatic N) is 2. The Kier molecular flexibility index (Phi) is 6.79. The summed E-state index contributed by atoms with van der Waals surface area (Å²) in [6.07, 6.45) is 0.931. The third kappa shape index (κ3) is 4.95. The van der Waals surface area contributed by atoms with Gasteiger partial charge in [0.05, 0.1) is 16.5 Å². The summed E-state index contributed by atoms with van der Waals surface area (Å²) in [5, 5.41) is 2.64. The lowest BCUT2D eigenvalue weighted by Crippen LogP contribution is -2.43. The normalized spacial score (nSPS) is 18.1. The Hall–Kier alpha value is -2.34. The van der Waals surface area contributed by atoms with Crippen LogP contribution in [0.25, 0.3) is 0 Å². The molecule has 168 valence electrons. The van der Waals surface area contributed by atoms with Crippen molar-refractivity contribution in [2.45, 2.75) is 22.6 Å². The van der Waals surface area contributed by atoms with Gasteiger partial charge in [0.2, 0.25) is 26.0 Å². The Labute approximate surface area is 181 Å². The van der Waals surface area contributed by atoms with Crippen molar-refractivity contribution in [3.63, 3.8) is 0 Å². The molecular formula is C20H24FN3O5S2. The van der Waals surface area contributed by atoms with E-state index < -0.39 is 37.7 Å². The molecule has 1 atom stereocenters. The predicted molar refractivity (Wildman–Crippen MR) is 114 cm³/mol. The van der Waals surface area contributed by atoms with Gasteiger partial charge in [-0.15, -0.1) is 0 Å². The largest absolute Gasteiger partial charge is 0.325 e. The van der Waals surface area contributed by atoms with E-state index >= 15 is 0 Å². The van der Waals surface area contributed by atoms with Crippen LogP contribution in [0.4, 0.5) is 10.1 Å². The number of carbonyl (C=O) groups is 1. The molecule has 0 radical (unpaired) electrons. The van der Waals surface area contributed by atoms with E-state index in [-0.39, 0.29) is 28.6 Å². The first-order valence-electron chi connectivity index (χ1n) is 9.61. The molecule has 31 heavy (non-hydrogen) atoms. The zero-order valence-electron chi connectivity index (χ0n) is 17.2. The van der Waals surface area contributed by atoms with Crippen LogP contribution in [0.3, 0.4) is 0 Å². The lowest BCUT2D eigenvalue weighted by Gasteiger charge is -2.31. The summed E-state index contributed by atoms with van der Waals surface area (Å²) >= 11 is 0. The number of rotatable bonds is 6. The molecule has 0 saturated carbocycles. The second-order valence-electron chi connectivity index (χ2n) is 7.43. The lowest BCUT2D eigenvalue weighted by molar-refractivity contribution is -0.120. The van der Waals surface area contributed by atoms with Crippen molar-refractivity contribution in [1.82, 2.24) is 8.61 Å². The maximum absolute atomic E-state index is 13.2. The Bertz CT molecular complexity index is 1170. The van der Waals surface area contributed by atoms with Crippen molar-refractivity contribution < 1.29 is 26.0 Å². The molecule has 0 bridgehead atoms. The summed E-state index contributed by atoms with van der Waals surface area (Å²) < 4.78 is 66.2. The molecule has 0 aliphatic carbocycles. The van der Waals surface area contributed by atoms with Crippen LogP contribution < -0.4 is 5.32 Å². The van der Waals surface area contributed by atoms with Crippen molar-refractivity contribution in [3.8, 4) is 0 Å². The van der Waals surface area contributed by atoms with Crippen LogP contribution in [0, 0.1) is 11.7 Å². The quantitative estimate of drug-likeness (QED) is 0.698. The monoisotopic (exact) mass is 469 g/mol. The summed E-state index contributed by atoms with van der Waals surface area (Å²) in [5.74, 6) is -1.65. The van der Waals surface area contributed by atoms with Crippen molar-refractivity contribution in [2.24, 2.45) is 5.92 Å². The zero-order chi connectivity index (χ0) is 22.8. The summed E-state index contributed by atoms with van der Waals surface area (Å²) in [6, 6.07) is 10.6. The highest BCUT2D eigenvalue weighted by Crippen LogP contribution is 2.27. The smallest absolute Gasteiger partial charge is 0.244 e. The number of sulfonamides is 2. The maximum atomic E-state index is 13.2. The first-order chi connectivity index (χ1) is 14.5. The molecule has 1 N–H and O–H groups in total. The number of anilines is 1. The SMILES string of the molecule is CN(C)S(=O)(=O)c1ccccc1NC(=O)C1CCCN(S(=O)(=O)c2ccc(F)cc2)C1. The minimum atomic E-state index is -3.88. The lowest BCUT2D eigenvalue weighted by atomic mass is 9.99. The molecule has 3 rings (SSSR count). The molecule has 1 heterocycles. The molecular weight excluding hydrogens is 445 g/mol. The number of amides is 1. The number of hydrogen-bond donors (Lipinski definition) is 1. The van der Waals surface area contributed by atoms with Gasteiger partial charge in [-0.25, -0.2) is 25.5 Å². The number of piperidine rings is 1. The van der Waals surface area contributed by atoms with Gasteiger partial charge in [0, 0.05) is 27.2 Å². The Balaban J connectivity index is 1.79. The molecule has 1 amide bonds. The number of hydrogen-bond acceptors (Lipinski definition) is 5. The predicted octanol–water partition coefficient (Wildman–Crippen LogP) is 2.12. The molecule has 1 unspecified atom stereocenters. The molecule has 1 saturated heterocycles. The van der Waals surface area contributed by atoms with Crippen molar-refractivity contribution in [3.05, 3.63) is 54.3 Å². The van der Waals surface area contributed by atoms with Gasteiger partial charge in [-0.1, -0.05) is 12.1 Å². The standard InChI is InChI=1S/C20H24FN3O5S2/c1-23(2)31(28,29)19-8-4-3-7-18(19)22-20(25)15-6-5-13-24(14-15)30(26,27)17-11-9-16(21)10-12-17/h3-4,7-12,15H,5-6,13-14H2,1-2H3,(H,22,25). The van der Waals surface area contributed by atoms with Crippen LogP contribution in [0.5, 0.6) is 0 Å². The van der Waals surface area contributed by atoms with E-state index in [4.69, 9.17) is 0 Å². The molecule has 1 fully saturated rings. The molecule has 2 aromatic carbocycles. The van der Waals surface area contributed by atoms with E-state index in [1.54, 1.807) is 12.1 Å². The van der Waals surface area contributed by atoms with Gasteiger partial charge in [-0.05, 0) is 49.2 Å². The average molecular weight is 470 g/mol. The van der Waals surface area contributed by atoms with E-state index in [0.29, 0.717) is 12.8 Å². The number of para-hydroxylation sites is 1. The summed E-state index contributed by atoms with van der Waals surface area (Å²) in [7, 11) is -4.86. The Morgan fingerprint density at radius 3 is 2.35 bits per heavy atom. The van der Waals surface area contributed by atoms with Gasteiger partial charge in [-0.3, -0.25) is 4.79 Å².